The maximum absolute atomic E-state index is 13.1. The van der Waals surface area contributed by atoms with Crippen LogP contribution >= 0.6 is 0 Å². The Kier molecular flexibility index (Phi) is 2.65. The van der Waals surface area contributed by atoms with Gasteiger partial charge in [-0.1, -0.05) is 42.0 Å². The largest absolute Gasteiger partial charge is 0.456 e. The molecule has 0 saturated heterocycles. The number of ketones is 1. The second-order valence-corrected chi connectivity index (χ2v) is 6.82. The normalized spacial score (nSPS) is 19.6. The van der Waals surface area contributed by atoms with Crippen LogP contribution in [-0.2, 0) is 5.60 Å². The van der Waals surface area contributed by atoms with Gasteiger partial charge in [0.25, 0.3) is 0 Å². The van der Waals surface area contributed by atoms with E-state index < -0.39 is 5.60 Å². The van der Waals surface area contributed by atoms with Crippen LogP contribution in [0.2, 0.25) is 0 Å². The quantitative estimate of drug-likeness (QED) is 0.671. The van der Waals surface area contributed by atoms with Gasteiger partial charge in [-0.3, -0.25) is 4.79 Å². The molecule has 122 valence electrons. The van der Waals surface area contributed by atoms with Crippen molar-refractivity contribution in [3.63, 3.8) is 0 Å². The molecule has 3 aromatic carbocycles. The second-order valence-electron chi connectivity index (χ2n) is 6.82. The minimum absolute atomic E-state index is 0.0608. The van der Waals surface area contributed by atoms with Gasteiger partial charge in [-0.05, 0) is 37.6 Å². The third-order valence-corrected chi connectivity index (χ3v) is 5.27. The predicted molar refractivity (Wildman–Crippen MR) is 94.4 cm³/mol. The van der Waals surface area contributed by atoms with Crippen LogP contribution in [0, 0.1) is 13.8 Å². The molecule has 1 N–H and O–H groups in total. The van der Waals surface area contributed by atoms with Gasteiger partial charge in [-0.2, -0.15) is 0 Å². The molecule has 3 heteroatoms. The van der Waals surface area contributed by atoms with Gasteiger partial charge in [0.1, 0.15) is 17.1 Å². The van der Waals surface area contributed by atoms with E-state index in [0.717, 1.165) is 11.1 Å². The van der Waals surface area contributed by atoms with E-state index in [1.807, 2.05) is 62.4 Å². The number of hydrogen-bond donors (Lipinski definition) is 1. The lowest BCUT2D eigenvalue weighted by molar-refractivity contribution is 0.0907. The van der Waals surface area contributed by atoms with Crippen LogP contribution in [0.4, 0.5) is 0 Å². The van der Waals surface area contributed by atoms with Gasteiger partial charge in [0.2, 0.25) is 0 Å². The van der Waals surface area contributed by atoms with E-state index >= 15 is 0 Å². The topological polar surface area (TPSA) is 46.5 Å². The third kappa shape index (κ3) is 1.66. The van der Waals surface area contributed by atoms with E-state index in [1.54, 1.807) is 6.07 Å². The summed E-state index contributed by atoms with van der Waals surface area (Å²) in [4.78, 5) is 13.1. The summed E-state index contributed by atoms with van der Waals surface area (Å²) in [6.45, 7) is 3.88. The SMILES string of the molecule is Cc1ccc2c(c1)C1(O)c3ccccc3C(=O)c3c(C)ccc(c31)O2. The van der Waals surface area contributed by atoms with E-state index in [0.29, 0.717) is 39.3 Å². The number of fused-ring (bicyclic) bond motifs is 4. The summed E-state index contributed by atoms with van der Waals surface area (Å²) in [7, 11) is 0. The Labute approximate surface area is 145 Å². The minimum Gasteiger partial charge on any atom is -0.456 e. The first-order valence-corrected chi connectivity index (χ1v) is 8.31. The average Bonchev–Trinajstić information content (AvgIpc) is 2.62. The average molecular weight is 328 g/mol. The molecule has 25 heavy (non-hydrogen) atoms. The van der Waals surface area contributed by atoms with Crippen LogP contribution in [0.25, 0.3) is 0 Å². The predicted octanol–water partition coefficient (Wildman–Crippen LogP) is 4.24. The zero-order valence-electron chi connectivity index (χ0n) is 14.0. The summed E-state index contributed by atoms with van der Waals surface area (Å²) in [5.74, 6) is 1.11. The molecule has 0 spiro atoms. The number of aliphatic hydroxyl groups is 1. The fraction of sp³-hybridized carbons (Fsp3) is 0.136. The Hall–Kier alpha value is -2.91. The van der Waals surface area contributed by atoms with Gasteiger partial charge in [0, 0.05) is 27.8 Å². The first-order chi connectivity index (χ1) is 12.0. The molecule has 0 aromatic heterocycles. The summed E-state index contributed by atoms with van der Waals surface area (Å²) >= 11 is 0. The molecule has 0 bridgehead atoms. The molecular formula is C22H16O3. The summed E-state index contributed by atoms with van der Waals surface area (Å²) in [6, 6.07) is 16.8. The number of carbonyl (C=O) groups is 1. The fourth-order valence-corrected chi connectivity index (χ4v) is 4.10. The van der Waals surface area contributed by atoms with E-state index in [-0.39, 0.29) is 5.78 Å². The van der Waals surface area contributed by atoms with Crippen LogP contribution in [0.5, 0.6) is 11.5 Å². The molecule has 0 amide bonds. The molecule has 1 unspecified atom stereocenters. The van der Waals surface area contributed by atoms with Gasteiger partial charge >= 0.3 is 0 Å². The van der Waals surface area contributed by atoms with Crippen molar-refractivity contribution in [1.82, 2.24) is 0 Å². The molecular weight excluding hydrogens is 312 g/mol. The first-order valence-electron chi connectivity index (χ1n) is 8.31. The second kappa shape index (κ2) is 4.58. The van der Waals surface area contributed by atoms with Gasteiger partial charge in [-0.15, -0.1) is 0 Å². The maximum Gasteiger partial charge on any atom is 0.194 e. The number of aryl methyl sites for hydroxylation is 2. The Morgan fingerprint density at radius 3 is 2.52 bits per heavy atom. The van der Waals surface area contributed by atoms with Gasteiger partial charge in [0.15, 0.2) is 5.78 Å². The highest BCUT2D eigenvalue weighted by atomic mass is 16.5. The monoisotopic (exact) mass is 328 g/mol. The molecule has 0 fully saturated rings. The molecule has 2 aliphatic rings. The van der Waals surface area contributed by atoms with Crippen LogP contribution in [0.15, 0.2) is 54.6 Å². The zero-order chi connectivity index (χ0) is 17.3. The van der Waals surface area contributed by atoms with Crippen LogP contribution in [-0.4, -0.2) is 10.9 Å². The van der Waals surface area contributed by atoms with E-state index in [1.165, 1.54) is 0 Å². The Morgan fingerprint density at radius 1 is 0.920 bits per heavy atom. The van der Waals surface area contributed by atoms with Crippen molar-refractivity contribution in [2.75, 3.05) is 0 Å². The molecule has 1 heterocycles. The highest BCUT2D eigenvalue weighted by Gasteiger charge is 2.50. The van der Waals surface area contributed by atoms with Crippen LogP contribution in [0.3, 0.4) is 0 Å². The Morgan fingerprint density at radius 2 is 1.68 bits per heavy atom. The lowest BCUT2D eigenvalue weighted by atomic mass is 9.68. The number of rotatable bonds is 0. The zero-order valence-corrected chi connectivity index (χ0v) is 14.0. The Balaban J connectivity index is 1.99. The van der Waals surface area contributed by atoms with Crippen molar-refractivity contribution in [3.8, 4) is 11.5 Å². The van der Waals surface area contributed by atoms with E-state index in [2.05, 4.69) is 0 Å². The molecule has 1 atom stereocenters. The molecule has 3 aromatic rings. The van der Waals surface area contributed by atoms with Gasteiger partial charge < -0.3 is 9.84 Å². The molecule has 0 saturated carbocycles. The minimum atomic E-state index is -1.39. The number of ether oxygens (including phenoxy) is 1. The third-order valence-electron chi connectivity index (χ3n) is 5.27. The van der Waals surface area contributed by atoms with Crippen molar-refractivity contribution in [2.45, 2.75) is 19.4 Å². The van der Waals surface area contributed by atoms with Crippen molar-refractivity contribution < 1.29 is 14.6 Å². The molecule has 5 rings (SSSR count). The molecule has 3 nitrogen and oxygen atoms in total. The summed E-state index contributed by atoms with van der Waals surface area (Å²) in [5.41, 5.74) is 3.45. The van der Waals surface area contributed by atoms with Crippen molar-refractivity contribution in [2.24, 2.45) is 0 Å². The van der Waals surface area contributed by atoms with Crippen LogP contribution in [0.1, 0.15) is 43.7 Å². The maximum atomic E-state index is 13.1. The number of carbonyl (C=O) groups excluding carboxylic acids is 1. The lowest BCUT2D eigenvalue weighted by Crippen LogP contribution is -2.39. The van der Waals surface area contributed by atoms with Crippen molar-refractivity contribution >= 4 is 5.78 Å². The van der Waals surface area contributed by atoms with Gasteiger partial charge in [0.05, 0.1) is 0 Å². The van der Waals surface area contributed by atoms with Gasteiger partial charge in [-0.25, -0.2) is 0 Å². The van der Waals surface area contributed by atoms with Crippen molar-refractivity contribution in [3.05, 3.63) is 93.5 Å². The standard InChI is InChI=1S/C22H16O3/c1-12-7-9-17-16(11-12)22(24)15-6-4-3-5-14(15)21(23)19-13(2)8-10-18(25-17)20(19)22/h3-11,24H,1-2H3. The van der Waals surface area contributed by atoms with E-state index in [9.17, 15) is 9.90 Å². The number of benzene rings is 3. The summed E-state index contributed by atoms with van der Waals surface area (Å²) < 4.78 is 6.05. The molecule has 1 aliphatic heterocycles. The lowest BCUT2D eigenvalue weighted by Gasteiger charge is -2.41. The first kappa shape index (κ1) is 14.4. The molecule has 0 radical (unpaired) electrons. The van der Waals surface area contributed by atoms with E-state index in [4.69, 9.17) is 4.74 Å². The number of hydrogen-bond acceptors (Lipinski definition) is 3. The summed E-state index contributed by atoms with van der Waals surface area (Å²) in [5, 5.41) is 12.0. The fourth-order valence-electron chi connectivity index (χ4n) is 4.10. The Bertz CT molecular complexity index is 1080. The van der Waals surface area contributed by atoms with Crippen molar-refractivity contribution in [1.29, 1.82) is 0 Å². The highest BCUT2D eigenvalue weighted by molar-refractivity contribution is 6.15. The molecule has 1 aliphatic carbocycles. The van der Waals surface area contributed by atoms with Crippen LogP contribution < -0.4 is 4.74 Å². The summed E-state index contributed by atoms with van der Waals surface area (Å²) in [6.07, 6.45) is 0. The highest BCUT2D eigenvalue weighted by Crippen LogP contribution is 2.55. The smallest absolute Gasteiger partial charge is 0.194 e.